The second-order valence-electron chi connectivity index (χ2n) is 5.75. The number of amides is 1. The Morgan fingerprint density at radius 3 is 2.41 bits per heavy atom. The van der Waals surface area contributed by atoms with E-state index in [-0.39, 0.29) is 12.3 Å². The van der Waals surface area contributed by atoms with Crippen LogP contribution in [0.5, 0.6) is 0 Å². The average molecular weight is 305 g/mol. The summed E-state index contributed by atoms with van der Waals surface area (Å²) >= 11 is 0. The summed E-state index contributed by atoms with van der Waals surface area (Å²) in [4.78, 5) is 21.9. The van der Waals surface area contributed by atoms with E-state index in [2.05, 4.69) is 43.4 Å². The Kier molecular flexibility index (Phi) is 8.26. The summed E-state index contributed by atoms with van der Waals surface area (Å²) in [6.45, 7) is 4.85. The van der Waals surface area contributed by atoms with Crippen molar-refractivity contribution in [2.45, 2.75) is 58.3 Å². The van der Waals surface area contributed by atoms with Crippen LogP contribution in [0.1, 0.15) is 63.0 Å². The molecule has 0 aliphatic carbocycles. The highest BCUT2D eigenvalue weighted by molar-refractivity contribution is 5.75. The van der Waals surface area contributed by atoms with E-state index in [9.17, 15) is 9.59 Å². The van der Waals surface area contributed by atoms with E-state index in [1.165, 1.54) is 11.1 Å². The van der Waals surface area contributed by atoms with Gasteiger partial charge in [-0.3, -0.25) is 9.59 Å². The van der Waals surface area contributed by atoms with Crippen LogP contribution in [-0.4, -0.2) is 23.5 Å². The second-order valence-corrected chi connectivity index (χ2v) is 5.75. The maximum Gasteiger partial charge on any atom is 0.303 e. The van der Waals surface area contributed by atoms with Gasteiger partial charge in [-0.15, -0.1) is 0 Å². The number of carboxylic acids is 1. The number of benzene rings is 1. The summed E-state index contributed by atoms with van der Waals surface area (Å²) in [6, 6.07) is 8.64. The van der Waals surface area contributed by atoms with Gasteiger partial charge in [0.2, 0.25) is 5.91 Å². The van der Waals surface area contributed by atoms with Crippen LogP contribution in [-0.2, 0) is 16.0 Å². The van der Waals surface area contributed by atoms with Crippen molar-refractivity contribution in [3.63, 3.8) is 0 Å². The summed E-state index contributed by atoms with van der Waals surface area (Å²) < 4.78 is 0. The van der Waals surface area contributed by atoms with E-state index in [1.54, 1.807) is 0 Å². The van der Waals surface area contributed by atoms with Crippen molar-refractivity contribution in [1.29, 1.82) is 0 Å². The molecule has 0 aliphatic rings. The van der Waals surface area contributed by atoms with Crippen molar-refractivity contribution in [2.24, 2.45) is 0 Å². The van der Waals surface area contributed by atoms with Crippen LogP contribution in [0.15, 0.2) is 24.3 Å². The average Bonchev–Trinajstić information content (AvgIpc) is 2.51. The van der Waals surface area contributed by atoms with Gasteiger partial charge in [0.15, 0.2) is 0 Å². The molecule has 0 radical (unpaired) electrons. The van der Waals surface area contributed by atoms with Crippen LogP contribution in [0, 0.1) is 0 Å². The Labute approximate surface area is 132 Å². The maximum atomic E-state index is 11.6. The largest absolute Gasteiger partial charge is 0.481 e. The third kappa shape index (κ3) is 7.25. The minimum absolute atomic E-state index is 0.00149. The molecule has 4 heteroatoms. The molecule has 0 fully saturated rings. The molecule has 0 bridgehead atoms. The zero-order chi connectivity index (χ0) is 16.4. The quantitative estimate of drug-likeness (QED) is 0.650. The molecule has 0 saturated carbocycles. The Morgan fingerprint density at radius 2 is 1.82 bits per heavy atom. The number of carboxylic acid groups (broad SMARTS) is 1. The summed E-state index contributed by atoms with van der Waals surface area (Å²) in [5.41, 5.74) is 2.62. The lowest BCUT2D eigenvalue weighted by Crippen LogP contribution is -2.24. The molecule has 0 heterocycles. The minimum atomic E-state index is -0.824. The van der Waals surface area contributed by atoms with Gasteiger partial charge >= 0.3 is 5.97 Å². The molecule has 2 N–H and O–H groups in total. The molecule has 4 nitrogen and oxygen atoms in total. The lowest BCUT2D eigenvalue weighted by molar-refractivity contribution is -0.137. The first-order valence-electron chi connectivity index (χ1n) is 8.10. The zero-order valence-electron chi connectivity index (χ0n) is 13.6. The summed E-state index contributed by atoms with van der Waals surface area (Å²) in [5, 5.41) is 11.3. The van der Waals surface area contributed by atoms with Gasteiger partial charge < -0.3 is 10.4 Å². The van der Waals surface area contributed by atoms with Crippen molar-refractivity contribution in [3.8, 4) is 0 Å². The molecule has 0 spiro atoms. The van der Waals surface area contributed by atoms with E-state index >= 15 is 0 Å². The molecule has 1 aromatic carbocycles. The number of hydrogen-bond acceptors (Lipinski definition) is 2. The number of aliphatic carboxylic acids is 1. The number of rotatable bonds is 10. The standard InChI is InChI=1S/C18H27NO3/c1-3-14(2)16-11-9-15(10-12-16)6-4-7-17(20)19-13-5-8-18(21)22/h9-12,14H,3-8,13H2,1-2H3,(H,19,20)(H,21,22). The molecule has 0 aliphatic heterocycles. The second kappa shape index (κ2) is 9.98. The van der Waals surface area contributed by atoms with Crippen molar-refractivity contribution in [1.82, 2.24) is 5.32 Å². The molecule has 1 unspecified atom stereocenters. The SMILES string of the molecule is CCC(C)c1ccc(CCCC(=O)NCCCC(=O)O)cc1. The third-order valence-corrected chi connectivity index (χ3v) is 3.92. The lowest BCUT2D eigenvalue weighted by Gasteiger charge is -2.09. The van der Waals surface area contributed by atoms with Crippen LogP contribution in [0.25, 0.3) is 0 Å². The predicted octanol–water partition coefficient (Wildman–Crippen LogP) is 3.50. The van der Waals surface area contributed by atoms with Crippen molar-refractivity contribution in [3.05, 3.63) is 35.4 Å². The van der Waals surface area contributed by atoms with E-state index < -0.39 is 5.97 Å². The van der Waals surface area contributed by atoms with E-state index in [1.807, 2.05) is 0 Å². The van der Waals surface area contributed by atoms with Crippen LogP contribution in [0.2, 0.25) is 0 Å². The van der Waals surface area contributed by atoms with Gasteiger partial charge in [0.05, 0.1) is 0 Å². The van der Waals surface area contributed by atoms with Crippen LogP contribution < -0.4 is 5.32 Å². The van der Waals surface area contributed by atoms with Crippen LogP contribution in [0.4, 0.5) is 0 Å². The Morgan fingerprint density at radius 1 is 1.14 bits per heavy atom. The predicted molar refractivity (Wildman–Crippen MR) is 88.0 cm³/mol. The molecule has 0 saturated heterocycles. The number of carbonyl (C=O) groups is 2. The molecule has 122 valence electrons. The fourth-order valence-electron chi connectivity index (χ4n) is 2.26. The molecule has 1 rings (SSSR count). The lowest BCUT2D eigenvalue weighted by atomic mass is 9.96. The normalized spacial score (nSPS) is 11.9. The molecule has 1 amide bonds. The highest BCUT2D eigenvalue weighted by Crippen LogP contribution is 2.19. The number of hydrogen-bond donors (Lipinski definition) is 2. The van der Waals surface area contributed by atoms with Gasteiger partial charge in [0, 0.05) is 19.4 Å². The van der Waals surface area contributed by atoms with E-state index in [0.29, 0.717) is 25.3 Å². The molecule has 22 heavy (non-hydrogen) atoms. The van der Waals surface area contributed by atoms with E-state index in [0.717, 1.165) is 19.3 Å². The fraction of sp³-hybridized carbons (Fsp3) is 0.556. The molecule has 1 atom stereocenters. The molecule has 0 aromatic heterocycles. The van der Waals surface area contributed by atoms with E-state index in [4.69, 9.17) is 5.11 Å². The fourth-order valence-corrected chi connectivity index (χ4v) is 2.26. The van der Waals surface area contributed by atoms with Crippen molar-refractivity contribution >= 4 is 11.9 Å². The number of aryl methyl sites for hydroxylation is 1. The van der Waals surface area contributed by atoms with Gasteiger partial charge in [-0.05, 0) is 42.7 Å². The Balaban J connectivity index is 2.20. The highest BCUT2D eigenvalue weighted by Gasteiger charge is 2.04. The van der Waals surface area contributed by atoms with Gasteiger partial charge in [-0.2, -0.15) is 0 Å². The van der Waals surface area contributed by atoms with Gasteiger partial charge in [-0.1, -0.05) is 38.1 Å². The zero-order valence-corrected chi connectivity index (χ0v) is 13.6. The highest BCUT2D eigenvalue weighted by atomic mass is 16.4. The summed E-state index contributed by atoms with van der Waals surface area (Å²) in [5.74, 6) is -0.234. The molecule has 1 aromatic rings. The van der Waals surface area contributed by atoms with Gasteiger partial charge in [0.25, 0.3) is 0 Å². The van der Waals surface area contributed by atoms with Gasteiger partial charge in [-0.25, -0.2) is 0 Å². The molecular formula is C18H27NO3. The summed E-state index contributed by atoms with van der Waals surface area (Å²) in [6.07, 6.45) is 3.92. The topological polar surface area (TPSA) is 66.4 Å². The number of nitrogens with one attached hydrogen (secondary N) is 1. The Bertz CT molecular complexity index is 468. The van der Waals surface area contributed by atoms with Crippen LogP contribution in [0.3, 0.4) is 0 Å². The van der Waals surface area contributed by atoms with Crippen molar-refractivity contribution in [2.75, 3.05) is 6.54 Å². The van der Waals surface area contributed by atoms with Gasteiger partial charge in [0.1, 0.15) is 0 Å². The Hall–Kier alpha value is -1.84. The molecular weight excluding hydrogens is 278 g/mol. The number of carbonyl (C=O) groups excluding carboxylic acids is 1. The summed E-state index contributed by atoms with van der Waals surface area (Å²) in [7, 11) is 0. The first-order valence-corrected chi connectivity index (χ1v) is 8.10. The van der Waals surface area contributed by atoms with Crippen molar-refractivity contribution < 1.29 is 14.7 Å². The smallest absolute Gasteiger partial charge is 0.303 e. The maximum absolute atomic E-state index is 11.6. The van der Waals surface area contributed by atoms with Crippen LogP contribution >= 0.6 is 0 Å². The first kappa shape index (κ1) is 18.2. The first-order chi connectivity index (χ1) is 10.5. The monoisotopic (exact) mass is 305 g/mol. The minimum Gasteiger partial charge on any atom is -0.481 e. The third-order valence-electron chi connectivity index (χ3n) is 3.92.